The second-order valence-corrected chi connectivity index (χ2v) is 7.81. The lowest BCUT2D eigenvalue weighted by Gasteiger charge is -2.30. The van der Waals surface area contributed by atoms with Crippen LogP contribution in [0.1, 0.15) is 37.4 Å². The maximum atomic E-state index is 13.4. The van der Waals surface area contributed by atoms with Crippen molar-refractivity contribution >= 4 is 11.9 Å². The maximum Gasteiger partial charge on any atom is 0.323 e. The van der Waals surface area contributed by atoms with Gasteiger partial charge in [-0.2, -0.15) is 0 Å². The number of amides is 1. The van der Waals surface area contributed by atoms with Gasteiger partial charge in [-0.1, -0.05) is 30.3 Å². The molecule has 176 valence electrons. The van der Waals surface area contributed by atoms with Gasteiger partial charge in [0.25, 0.3) is 0 Å². The Kier molecular flexibility index (Phi) is 11.0. The fourth-order valence-electron chi connectivity index (χ4n) is 3.47. The highest BCUT2D eigenvalue weighted by atomic mass is 16.5. The summed E-state index contributed by atoms with van der Waals surface area (Å²) in [6.45, 7) is 7.95. The van der Waals surface area contributed by atoms with Crippen molar-refractivity contribution in [3.05, 3.63) is 59.5 Å². The molecule has 2 aromatic rings. The molecule has 0 spiro atoms. The van der Waals surface area contributed by atoms with E-state index in [1.807, 2.05) is 42.2 Å². The van der Waals surface area contributed by atoms with Gasteiger partial charge >= 0.3 is 5.97 Å². The van der Waals surface area contributed by atoms with Crippen molar-refractivity contribution in [2.24, 2.45) is 0 Å². The maximum absolute atomic E-state index is 13.4. The van der Waals surface area contributed by atoms with E-state index in [9.17, 15) is 9.59 Å². The standard InChI is InChI=1S/C25H36N2O5/c1-5-31-25(29)21(3)26(15-9-17-30-4)19-24(28)27(18-23-13-12-20(2)32-23)16-14-22-10-7-6-8-11-22/h6-8,10-13,21H,5,9,14-19H2,1-4H3. The van der Waals surface area contributed by atoms with E-state index in [0.717, 1.165) is 29.9 Å². The normalized spacial score (nSPS) is 12.0. The van der Waals surface area contributed by atoms with Gasteiger partial charge in [-0.3, -0.25) is 14.5 Å². The lowest BCUT2D eigenvalue weighted by molar-refractivity contribution is -0.150. The second kappa shape index (κ2) is 13.7. The van der Waals surface area contributed by atoms with Crippen molar-refractivity contribution in [1.82, 2.24) is 9.80 Å². The SMILES string of the molecule is CCOC(=O)C(C)N(CCCOC)CC(=O)N(CCc1ccccc1)Cc1ccc(C)o1. The number of furan rings is 1. The predicted molar refractivity (Wildman–Crippen MR) is 123 cm³/mol. The number of hydrogen-bond donors (Lipinski definition) is 0. The van der Waals surface area contributed by atoms with E-state index in [2.05, 4.69) is 12.1 Å². The smallest absolute Gasteiger partial charge is 0.323 e. The first-order valence-corrected chi connectivity index (χ1v) is 11.2. The first kappa shape index (κ1) is 25.6. The van der Waals surface area contributed by atoms with Gasteiger partial charge in [0.05, 0.1) is 19.7 Å². The Hall–Kier alpha value is -2.64. The number of benzene rings is 1. The molecule has 0 aliphatic carbocycles. The van der Waals surface area contributed by atoms with Crippen LogP contribution in [0.3, 0.4) is 0 Å². The van der Waals surface area contributed by atoms with Gasteiger partial charge in [0, 0.05) is 26.8 Å². The highest BCUT2D eigenvalue weighted by molar-refractivity contribution is 5.80. The number of methoxy groups -OCH3 is 1. The average Bonchev–Trinajstić information content (AvgIpc) is 3.20. The zero-order valence-electron chi connectivity index (χ0n) is 19.7. The van der Waals surface area contributed by atoms with Crippen molar-refractivity contribution in [3.63, 3.8) is 0 Å². The first-order valence-electron chi connectivity index (χ1n) is 11.2. The van der Waals surface area contributed by atoms with Crippen LogP contribution in [0.15, 0.2) is 46.9 Å². The number of carbonyl (C=O) groups is 2. The topological polar surface area (TPSA) is 72.2 Å². The summed E-state index contributed by atoms with van der Waals surface area (Å²) in [6, 6.07) is 13.4. The van der Waals surface area contributed by atoms with Crippen LogP contribution in [0.5, 0.6) is 0 Å². The number of carbonyl (C=O) groups excluding carboxylic acids is 2. The fraction of sp³-hybridized carbons (Fsp3) is 0.520. The van der Waals surface area contributed by atoms with Crippen molar-refractivity contribution in [2.45, 2.75) is 46.2 Å². The molecule has 32 heavy (non-hydrogen) atoms. The Labute approximate surface area is 191 Å². The largest absolute Gasteiger partial charge is 0.465 e. The molecule has 1 aromatic carbocycles. The Morgan fingerprint density at radius 1 is 1.09 bits per heavy atom. The molecule has 1 aromatic heterocycles. The van der Waals surface area contributed by atoms with E-state index in [-0.39, 0.29) is 18.4 Å². The van der Waals surface area contributed by atoms with E-state index in [0.29, 0.717) is 32.8 Å². The third-order valence-electron chi connectivity index (χ3n) is 5.32. The monoisotopic (exact) mass is 444 g/mol. The van der Waals surface area contributed by atoms with Crippen LogP contribution < -0.4 is 0 Å². The summed E-state index contributed by atoms with van der Waals surface area (Å²) in [4.78, 5) is 29.4. The molecule has 0 bridgehead atoms. The molecule has 0 aliphatic rings. The van der Waals surface area contributed by atoms with Crippen LogP contribution in [0.2, 0.25) is 0 Å². The van der Waals surface area contributed by atoms with Gasteiger partial charge in [0.1, 0.15) is 17.6 Å². The second-order valence-electron chi connectivity index (χ2n) is 7.81. The summed E-state index contributed by atoms with van der Waals surface area (Å²) in [5.41, 5.74) is 1.16. The van der Waals surface area contributed by atoms with Gasteiger partial charge in [0.15, 0.2) is 0 Å². The van der Waals surface area contributed by atoms with E-state index in [1.54, 1.807) is 25.9 Å². The van der Waals surface area contributed by atoms with Gasteiger partial charge in [-0.15, -0.1) is 0 Å². The molecule has 0 fully saturated rings. The van der Waals surface area contributed by atoms with Crippen molar-refractivity contribution < 1.29 is 23.5 Å². The molecule has 1 heterocycles. The summed E-state index contributed by atoms with van der Waals surface area (Å²) in [6.07, 6.45) is 1.46. The third-order valence-corrected chi connectivity index (χ3v) is 5.32. The highest BCUT2D eigenvalue weighted by Crippen LogP contribution is 2.13. The van der Waals surface area contributed by atoms with Crippen LogP contribution in [0.25, 0.3) is 0 Å². The van der Waals surface area contributed by atoms with E-state index < -0.39 is 6.04 Å². The quantitative estimate of drug-likeness (QED) is 0.328. The molecule has 0 saturated carbocycles. The van der Waals surface area contributed by atoms with Crippen molar-refractivity contribution in [2.75, 3.05) is 40.0 Å². The number of hydrogen-bond acceptors (Lipinski definition) is 6. The molecule has 0 radical (unpaired) electrons. The molecule has 1 atom stereocenters. The molecule has 1 unspecified atom stereocenters. The van der Waals surface area contributed by atoms with Gasteiger partial charge in [-0.25, -0.2) is 0 Å². The van der Waals surface area contributed by atoms with Crippen LogP contribution in [-0.4, -0.2) is 67.7 Å². The van der Waals surface area contributed by atoms with Crippen molar-refractivity contribution in [3.8, 4) is 0 Å². The van der Waals surface area contributed by atoms with Crippen LogP contribution >= 0.6 is 0 Å². The molecule has 0 saturated heterocycles. The molecule has 1 amide bonds. The number of ether oxygens (including phenoxy) is 2. The Bertz CT molecular complexity index is 821. The minimum absolute atomic E-state index is 0.0523. The summed E-state index contributed by atoms with van der Waals surface area (Å²) < 4.78 is 16.1. The minimum atomic E-state index is -0.516. The van der Waals surface area contributed by atoms with E-state index in [4.69, 9.17) is 13.9 Å². The Morgan fingerprint density at radius 2 is 1.84 bits per heavy atom. The Morgan fingerprint density at radius 3 is 2.47 bits per heavy atom. The fourth-order valence-corrected chi connectivity index (χ4v) is 3.47. The number of aryl methyl sites for hydroxylation is 1. The molecular formula is C25H36N2O5. The molecular weight excluding hydrogens is 408 g/mol. The zero-order chi connectivity index (χ0) is 23.3. The van der Waals surface area contributed by atoms with E-state index in [1.165, 1.54) is 0 Å². The van der Waals surface area contributed by atoms with E-state index >= 15 is 0 Å². The van der Waals surface area contributed by atoms with Gasteiger partial charge in [-0.05, 0) is 51.3 Å². The average molecular weight is 445 g/mol. The van der Waals surface area contributed by atoms with Crippen LogP contribution in [-0.2, 0) is 32.0 Å². The minimum Gasteiger partial charge on any atom is -0.465 e. The lowest BCUT2D eigenvalue weighted by Crippen LogP contribution is -2.47. The first-order chi connectivity index (χ1) is 15.4. The highest BCUT2D eigenvalue weighted by Gasteiger charge is 2.26. The zero-order valence-corrected chi connectivity index (χ0v) is 19.7. The molecule has 7 nitrogen and oxygen atoms in total. The predicted octanol–water partition coefficient (Wildman–Crippen LogP) is 3.45. The molecule has 2 rings (SSSR count). The van der Waals surface area contributed by atoms with Gasteiger partial charge in [0.2, 0.25) is 5.91 Å². The lowest BCUT2D eigenvalue weighted by atomic mass is 10.1. The summed E-state index contributed by atoms with van der Waals surface area (Å²) in [7, 11) is 1.64. The number of rotatable bonds is 14. The number of esters is 1. The summed E-state index contributed by atoms with van der Waals surface area (Å²) >= 11 is 0. The van der Waals surface area contributed by atoms with Crippen LogP contribution in [0.4, 0.5) is 0 Å². The molecule has 7 heteroatoms. The summed E-state index contributed by atoms with van der Waals surface area (Å²) in [5, 5.41) is 0. The molecule has 0 N–H and O–H groups in total. The molecule has 0 aliphatic heterocycles. The third kappa shape index (κ3) is 8.48. The van der Waals surface area contributed by atoms with Crippen LogP contribution in [0, 0.1) is 6.92 Å². The van der Waals surface area contributed by atoms with Crippen molar-refractivity contribution in [1.29, 1.82) is 0 Å². The summed E-state index contributed by atoms with van der Waals surface area (Å²) in [5.74, 6) is 1.18. The number of nitrogens with zero attached hydrogens (tertiary/aromatic N) is 2. The van der Waals surface area contributed by atoms with Gasteiger partial charge < -0.3 is 18.8 Å². The Balaban J connectivity index is 2.12.